The highest BCUT2D eigenvalue weighted by Crippen LogP contribution is 2.44. The molecule has 2 aromatic carbocycles. The van der Waals surface area contributed by atoms with E-state index in [2.05, 4.69) is 29.6 Å². The number of hydrogen-bond donors (Lipinski definition) is 2. The van der Waals surface area contributed by atoms with Gasteiger partial charge in [-0.15, -0.1) is 0 Å². The van der Waals surface area contributed by atoms with Crippen LogP contribution in [0.2, 0.25) is 0 Å². The van der Waals surface area contributed by atoms with Crippen LogP contribution in [0.4, 0.5) is 4.79 Å². The van der Waals surface area contributed by atoms with E-state index < -0.39 is 30.8 Å². The Kier molecular flexibility index (Phi) is 6.21. The molecule has 2 amide bonds. The first-order chi connectivity index (χ1) is 16.5. The summed E-state index contributed by atoms with van der Waals surface area (Å²) in [5.41, 5.74) is 4.57. The molecule has 34 heavy (non-hydrogen) atoms. The van der Waals surface area contributed by atoms with Gasteiger partial charge in [-0.2, -0.15) is 0 Å². The summed E-state index contributed by atoms with van der Waals surface area (Å²) in [6.07, 6.45) is -1.16. The number of fused-ring (bicyclic) bond motifs is 3. The van der Waals surface area contributed by atoms with Crippen LogP contribution < -0.4 is 5.32 Å². The summed E-state index contributed by atoms with van der Waals surface area (Å²) in [6, 6.07) is 15.8. The third-order valence-corrected chi connectivity index (χ3v) is 6.58. The van der Waals surface area contributed by atoms with Crippen LogP contribution in [0.15, 0.2) is 48.5 Å². The maximum Gasteiger partial charge on any atom is 0.407 e. The lowest BCUT2D eigenvalue weighted by Gasteiger charge is -2.40. The molecule has 2 aliphatic heterocycles. The zero-order valence-corrected chi connectivity index (χ0v) is 18.5. The van der Waals surface area contributed by atoms with Crippen molar-refractivity contribution in [3.63, 3.8) is 0 Å². The molecule has 2 N–H and O–H groups in total. The summed E-state index contributed by atoms with van der Waals surface area (Å²) in [5, 5.41) is 11.5. The fourth-order valence-corrected chi connectivity index (χ4v) is 4.86. The Morgan fingerprint density at radius 2 is 1.68 bits per heavy atom. The second-order valence-corrected chi connectivity index (χ2v) is 8.73. The van der Waals surface area contributed by atoms with Gasteiger partial charge in [0.05, 0.1) is 12.1 Å². The van der Waals surface area contributed by atoms with Crippen molar-refractivity contribution in [2.75, 3.05) is 32.9 Å². The van der Waals surface area contributed by atoms with Gasteiger partial charge in [0.1, 0.15) is 13.2 Å². The van der Waals surface area contributed by atoms with Gasteiger partial charge in [-0.25, -0.2) is 9.59 Å². The largest absolute Gasteiger partial charge is 0.480 e. The van der Waals surface area contributed by atoms with Gasteiger partial charge in [0, 0.05) is 25.6 Å². The first-order valence-electron chi connectivity index (χ1n) is 11.4. The smallest absolute Gasteiger partial charge is 0.407 e. The number of benzene rings is 2. The zero-order chi connectivity index (χ0) is 23.7. The highest BCUT2D eigenvalue weighted by molar-refractivity contribution is 5.84. The lowest BCUT2D eigenvalue weighted by molar-refractivity contribution is -0.160. The van der Waals surface area contributed by atoms with Crippen LogP contribution in [0.3, 0.4) is 0 Å². The second kappa shape index (κ2) is 9.44. The summed E-state index contributed by atoms with van der Waals surface area (Å²) in [4.78, 5) is 37.5. The lowest BCUT2D eigenvalue weighted by Crippen LogP contribution is -2.60. The molecule has 0 unspecified atom stereocenters. The third kappa shape index (κ3) is 4.36. The Morgan fingerprint density at radius 3 is 2.32 bits per heavy atom. The molecular formula is C25H26N2O7. The number of alkyl carbamates (subject to hydrolysis) is 1. The minimum absolute atomic E-state index is 0.0424. The van der Waals surface area contributed by atoms with Crippen LogP contribution in [-0.4, -0.2) is 79.1 Å². The van der Waals surface area contributed by atoms with E-state index in [-0.39, 0.29) is 24.5 Å². The molecule has 0 aromatic heterocycles. The van der Waals surface area contributed by atoms with E-state index in [0.717, 1.165) is 22.3 Å². The van der Waals surface area contributed by atoms with E-state index in [9.17, 15) is 14.4 Å². The number of carboxylic acid groups (broad SMARTS) is 1. The van der Waals surface area contributed by atoms with Gasteiger partial charge in [-0.05, 0) is 28.7 Å². The molecule has 0 bridgehead atoms. The average molecular weight is 466 g/mol. The Bertz CT molecular complexity index is 1050. The van der Waals surface area contributed by atoms with Gasteiger partial charge < -0.3 is 29.5 Å². The number of carbonyl (C=O) groups excluding carboxylic acids is 2. The summed E-state index contributed by atoms with van der Waals surface area (Å²) >= 11 is 0. The summed E-state index contributed by atoms with van der Waals surface area (Å²) in [5.74, 6) is -1.33. The van der Waals surface area contributed by atoms with Crippen LogP contribution in [0.1, 0.15) is 23.5 Å². The average Bonchev–Trinajstić information content (AvgIpc) is 3.39. The fraction of sp³-hybridized carbons (Fsp3) is 0.400. The van der Waals surface area contributed by atoms with Crippen molar-refractivity contribution in [2.45, 2.75) is 30.6 Å². The molecule has 9 nitrogen and oxygen atoms in total. The van der Waals surface area contributed by atoms with Crippen molar-refractivity contribution in [1.29, 1.82) is 0 Å². The first-order valence-corrected chi connectivity index (χ1v) is 11.4. The Hall–Kier alpha value is -3.43. The van der Waals surface area contributed by atoms with E-state index in [0.29, 0.717) is 26.1 Å². The number of nitrogens with one attached hydrogen (secondary N) is 1. The molecule has 2 fully saturated rings. The standard InChI is InChI=1S/C25H26N2O7/c28-22(29)14-33-15-11-27(12-15)24(30)23-21(9-10-32-23)26-25(31)34-13-20-18-7-3-1-5-16(18)17-6-2-4-8-19(17)20/h1-8,15,20-21,23H,9-14H2,(H,26,31)(H,28,29)/t21-,23+/m1/s1. The van der Waals surface area contributed by atoms with E-state index in [1.165, 1.54) is 0 Å². The number of aliphatic carboxylic acids is 1. The van der Waals surface area contributed by atoms with Gasteiger partial charge in [-0.3, -0.25) is 4.79 Å². The van der Waals surface area contributed by atoms with Crippen LogP contribution in [0.5, 0.6) is 0 Å². The zero-order valence-electron chi connectivity index (χ0n) is 18.5. The van der Waals surface area contributed by atoms with E-state index >= 15 is 0 Å². The van der Waals surface area contributed by atoms with E-state index in [1.54, 1.807) is 4.90 Å². The molecule has 1 aliphatic carbocycles. The number of rotatable bonds is 7. The Labute approximate surface area is 196 Å². The molecule has 3 aliphatic rings. The number of amides is 2. The third-order valence-electron chi connectivity index (χ3n) is 6.58. The number of ether oxygens (including phenoxy) is 3. The number of carboxylic acids is 1. The van der Waals surface area contributed by atoms with Crippen molar-refractivity contribution in [3.05, 3.63) is 59.7 Å². The van der Waals surface area contributed by atoms with Crippen molar-refractivity contribution in [3.8, 4) is 11.1 Å². The Morgan fingerprint density at radius 1 is 1.03 bits per heavy atom. The Balaban J connectivity index is 1.15. The van der Waals surface area contributed by atoms with Crippen molar-refractivity contribution < 1.29 is 33.7 Å². The predicted molar refractivity (Wildman–Crippen MR) is 120 cm³/mol. The van der Waals surface area contributed by atoms with Crippen LogP contribution in [0.25, 0.3) is 11.1 Å². The van der Waals surface area contributed by atoms with Crippen molar-refractivity contribution in [1.82, 2.24) is 10.2 Å². The van der Waals surface area contributed by atoms with Gasteiger partial charge in [0.2, 0.25) is 0 Å². The molecule has 2 aromatic rings. The quantitative estimate of drug-likeness (QED) is 0.641. The molecule has 0 spiro atoms. The number of likely N-dealkylation sites (tertiary alicyclic amines) is 1. The normalized spacial score (nSPS) is 21.5. The molecule has 2 saturated heterocycles. The van der Waals surface area contributed by atoms with Crippen molar-refractivity contribution in [2.24, 2.45) is 0 Å². The molecule has 9 heteroatoms. The minimum Gasteiger partial charge on any atom is -0.480 e. The monoisotopic (exact) mass is 466 g/mol. The first kappa shape index (κ1) is 22.4. The fourth-order valence-electron chi connectivity index (χ4n) is 4.86. The van der Waals surface area contributed by atoms with Gasteiger partial charge in [0.15, 0.2) is 6.10 Å². The second-order valence-electron chi connectivity index (χ2n) is 8.73. The molecule has 2 atom stereocenters. The van der Waals surface area contributed by atoms with Gasteiger partial charge >= 0.3 is 12.1 Å². The highest BCUT2D eigenvalue weighted by Gasteiger charge is 2.42. The molecule has 5 rings (SSSR count). The number of nitrogens with zero attached hydrogens (tertiary/aromatic N) is 1. The number of hydrogen-bond acceptors (Lipinski definition) is 6. The van der Waals surface area contributed by atoms with Gasteiger partial charge in [0.25, 0.3) is 5.91 Å². The maximum absolute atomic E-state index is 12.8. The molecular weight excluding hydrogens is 440 g/mol. The SMILES string of the molecule is O=C(O)COC1CN(C(=O)[C@H]2OCC[C@H]2NC(=O)OCC2c3ccccc3-c3ccccc32)C1. The minimum atomic E-state index is -1.05. The molecule has 2 heterocycles. The molecule has 178 valence electrons. The topological polar surface area (TPSA) is 114 Å². The summed E-state index contributed by atoms with van der Waals surface area (Å²) in [6.45, 7) is 0.782. The highest BCUT2D eigenvalue weighted by atomic mass is 16.6. The van der Waals surface area contributed by atoms with Crippen molar-refractivity contribution >= 4 is 18.0 Å². The maximum atomic E-state index is 12.8. The molecule has 0 radical (unpaired) electrons. The van der Waals surface area contributed by atoms with Gasteiger partial charge in [-0.1, -0.05) is 48.5 Å². The summed E-state index contributed by atoms with van der Waals surface area (Å²) in [7, 11) is 0. The van der Waals surface area contributed by atoms with Crippen LogP contribution >= 0.6 is 0 Å². The van der Waals surface area contributed by atoms with E-state index in [1.807, 2.05) is 24.3 Å². The predicted octanol–water partition coefficient (Wildman–Crippen LogP) is 1.99. The lowest BCUT2D eigenvalue weighted by atomic mass is 9.98. The molecule has 0 saturated carbocycles. The number of carbonyl (C=O) groups is 3. The summed E-state index contributed by atoms with van der Waals surface area (Å²) < 4.78 is 16.4. The van der Waals surface area contributed by atoms with E-state index in [4.69, 9.17) is 19.3 Å². The van der Waals surface area contributed by atoms with Crippen LogP contribution in [0, 0.1) is 0 Å². The van der Waals surface area contributed by atoms with Crippen LogP contribution in [-0.2, 0) is 23.8 Å².